The van der Waals surface area contributed by atoms with Gasteiger partial charge in [-0.05, 0) is 31.2 Å². The number of aromatic nitrogens is 5. The number of anilines is 4. The molecule has 1 aliphatic heterocycles. The Morgan fingerprint density at radius 2 is 1.92 bits per heavy atom. The van der Waals surface area contributed by atoms with Crippen molar-refractivity contribution in [3.05, 3.63) is 60.8 Å². The van der Waals surface area contributed by atoms with Crippen LogP contribution in [0.1, 0.15) is 12.6 Å². The van der Waals surface area contributed by atoms with Crippen LogP contribution in [0.4, 0.5) is 23.0 Å². The van der Waals surface area contributed by atoms with Gasteiger partial charge >= 0.3 is 0 Å². The molecular formula is C24H29N9O2S. The van der Waals surface area contributed by atoms with Gasteiger partial charge in [-0.3, -0.25) is 14.0 Å². The molecule has 1 aliphatic rings. The van der Waals surface area contributed by atoms with Crippen LogP contribution >= 0.6 is 0 Å². The topological polar surface area (TPSA) is 121 Å². The van der Waals surface area contributed by atoms with Gasteiger partial charge in [0.05, 0.1) is 24.5 Å². The van der Waals surface area contributed by atoms with Crippen LogP contribution in [0.15, 0.2) is 55.1 Å². The molecule has 0 unspecified atom stereocenters. The molecular weight excluding hydrogens is 478 g/mol. The van der Waals surface area contributed by atoms with Gasteiger partial charge in [-0.1, -0.05) is 0 Å². The van der Waals surface area contributed by atoms with Gasteiger partial charge in [0, 0.05) is 74.1 Å². The summed E-state index contributed by atoms with van der Waals surface area (Å²) < 4.78 is 27.0. The zero-order chi connectivity index (χ0) is 25.3. The Kier molecular flexibility index (Phi) is 6.46. The maximum Gasteiger partial charge on any atom is 0.233 e. The molecule has 2 N–H and O–H groups in total. The third-order valence-electron chi connectivity index (χ3n) is 6.25. The third-order valence-corrected chi connectivity index (χ3v) is 7.41. The second-order valence-corrected chi connectivity index (χ2v) is 11.0. The van der Waals surface area contributed by atoms with Gasteiger partial charge in [0.1, 0.15) is 11.5 Å². The number of rotatable bonds is 7. The van der Waals surface area contributed by atoms with Crippen molar-refractivity contribution in [3.8, 4) is 0 Å². The lowest BCUT2D eigenvalue weighted by Gasteiger charge is -2.33. The first-order chi connectivity index (χ1) is 17.3. The van der Waals surface area contributed by atoms with Crippen molar-refractivity contribution in [1.82, 2.24) is 30.0 Å². The molecule has 0 radical (unpaired) electrons. The highest BCUT2D eigenvalue weighted by Crippen LogP contribution is 2.24. The first-order valence-electron chi connectivity index (χ1n) is 11.7. The van der Waals surface area contributed by atoms with Crippen LogP contribution in [0.5, 0.6) is 0 Å². The van der Waals surface area contributed by atoms with Crippen molar-refractivity contribution < 1.29 is 8.42 Å². The molecule has 36 heavy (non-hydrogen) atoms. The lowest BCUT2D eigenvalue weighted by Crippen LogP contribution is -2.49. The van der Waals surface area contributed by atoms with Crippen LogP contribution in [0, 0.1) is 0 Å². The van der Waals surface area contributed by atoms with Crippen LogP contribution in [0.3, 0.4) is 0 Å². The number of sulfonamides is 1. The van der Waals surface area contributed by atoms with Gasteiger partial charge in [0.2, 0.25) is 10.0 Å². The first kappa shape index (κ1) is 23.9. The Morgan fingerprint density at radius 1 is 1.14 bits per heavy atom. The molecule has 11 nitrogen and oxygen atoms in total. The predicted molar refractivity (Wildman–Crippen MR) is 141 cm³/mol. The van der Waals surface area contributed by atoms with Gasteiger partial charge in [-0.25, -0.2) is 18.4 Å². The summed E-state index contributed by atoms with van der Waals surface area (Å²) >= 11 is 0. The summed E-state index contributed by atoms with van der Waals surface area (Å²) in [5.41, 5.74) is 3.48. The van der Waals surface area contributed by atoms with E-state index in [1.165, 1.54) is 18.9 Å². The number of hydrogen-bond donors (Lipinski definition) is 2. The molecule has 0 amide bonds. The molecule has 0 saturated carbocycles. The van der Waals surface area contributed by atoms with Gasteiger partial charge in [0.25, 0.3) is 0 Å². The summed E-state index contributed by atoms with van der Waals surface area (Å²) in [6.07, 6.45) is 7.64. The SMILES string of the molecule is C[C@H]1CN(c2ccc(Nc3cc4c(cn3)cnn4Cc3nccnc3N(C)S(C)(=O)=O)cc2)CCN1. The van der Waals surface area contributed by atoms with Crippen LogP contribution in [-0.2, 0) is 16.6 Å². The summed E-state index contributed by atoms with van der Waals surface area (Å²) in [5.74, 6) is 0.954. The Hall–Kier alpha value is -3.77. The molecule has 0 aliphatic carbocycles. The normalized spacial score (nSPS) is 16.3. The summed E-state index contributed by atoms with van der Waals surface area (Å²) in [7, 11) is -2.02. The van der Waals surface area contributed by atoms with Crippen LogP contribution in [0.25, 0.3) is 10.9 Å². The minimum absolute atomic E-state index is 0.258. The Balaban J connectivity index is 1.36. The second kappa shape index (κ2) is 9.70. The summed E-state index contributed by atoms with van der Waals surface area (Å²) in [6, 6.07) is 10.7. The maximum absolute atomic E-state index is 12.1. The molecule has 1 aromatic carbocycles. The van der Waals surface area contributed by atoms with Gasteiger partial charge < -0.3 is 15.5 Å². The molecule has 5 rings (SSSR count). The number of nitrogens with one attached hydrogen (secondary N) is 2. The van der Waals surface area contributed by atoms with E-state index < -0.39 is 10.0 Å². The second-order valence-electron chi connectivity index (χ2n) is 8.96. The molecule has 3 aromatic heterocycles. The van der Waals surface area contributed by atoms with E-state index in [4.69, 9.17) is 0 Å². The number of benzene rings is 1. The highest BCUT2D eigenvalue weighted by Gasteiger charge is 2.19. The first-order valence-corrected chi connectivity index (χ1v) is 13.5. The number of piperazine rings is 1. The van der Waals surface area contributed by atoms with Crippen LogP contribution < -0.4 is 19.8 Å². The van der Waals surface area contributed by atoms with Crippen molar-refractivity contribution in [1.29, 1.82) is 0 Å². The fourth-order valence-corrected chi connectivity index (χ4v) is 4.74. The summed E-state index contributed by atoms with van der Waals surface area (Å²) in [5, 5.41) is 12.2. The Morgan fingerprint density at radius 3 is 2.67 bits per heavy atom. The Bertz CT molecular complexity index is 1470. The van der Waals surface area contributed by atoms with Crippen LogP contribution in [0.2, 0.25) is 0 Å². The van der Waals surface area contributed by atoms with Crippen molar-refractivity contribution in [2.75, 3.05) is 47.5 Å². The Labute approximate surface area is 210 Å². The fourth-order valence-electron chi connectivity index (χ4n) is 4.27. The minimum atomic E-state index is -3.48. The monoisotopic (exact) mass is 507 g/mol. The van der Waals surface area contributed by atoms with Crippen molar-refractivity contribution in [2.45, 2.75) is 19.5 Å². The van der Waals surface area contributed by atoms with Crippen molar-refractivity contribution in [3.63, 3.8) is 0 Å². The van der Waals surface area contributed by atoms with Crippen LogP contribution in [-0.4, -0.2) is 72.1 Å². The van der Waals surface area contributed by atoms with E-state index in [1.54, 1.807) is 23.3 Å². The number of pyridine rings is 1. The molecule has 1 atom stereocenters. The van der Waals surface area contributed by atoms with E-state index in [9.17, 15) is 8.42 Å². The summed E-state index contributed by atoms with van der Waals surface area (Å²) in [6.45, 7) is 5.42. The molecule has 1 fully saturated rings. The predicted octanol–water partition coefficient (Wildman–Crippen LogP) is 2.21. The quantitative estimate of drug-likeness (QED) is 0.388. The highest BCUT2D eigenvalue weighted by molar-refractivity contribution is 7.92. The number of nitrogens with zero attached hydrogens (tertiary/aromatic N) is 7. The third kappa shape index (κ3) is 5.09. The lowest BCUT2D eigenvalue weighted by atomic mass is 10.2. The molecule has 188 valence electrons. The zero-order valence-electron chi connectivity index (χ0n) is 20.5. The smallest absolute Gasteiger partial charge is 0.233 e. The van der Waals surface area contributed by atoms with Crippen molar-refractivity contribution in [2.24, 2.45) is 0 Å². The van der Waals surface area contributed by atoms with Crippen molar-refractivity contribution >= 4 is 43.9 Å². The average molecular weight is 508 g/mol. The van der Waals surface area contributed by atoms with E-state index in [1.807, 2.05) is 6.07 Å². The van der Waals surface area contributed by atoms with E-state index in [-0.39, 0.29) is 12.4 Å². The lowest BCUT2D eigenvalue weighted by molar-refractivity contribution is 0.485. The van der Waals surface area contributed by atoms with E-state index in [2.05, 4.69) is 66.8 Å². The highest BCUT2D eigenvalue weighted by atomic mass is 32.2. The zero-order valence-corrected chi connectivity index (χ0v) is 21.3. The molecule has 1 saturated heterocycles. The number of hydrogen-bond acceptors (Lipinski definition) is 9. The largest absolute Gasteiger partial charge is 0.369 e. The van der Waals surface area contributed by atoms with Gasteiger partial charge in [-0.15, -0.1) is 0 Å². The fraction of sp³-hybridized carbons (Fsp3) is 0.333. The minimum Gasteiger partial charge on any atom is -0.369 e. The average Bonchev–Trinajstić information content (AvgIpc) is 3.26. The summed E-state index contributed by atoms with van der Waals surface area (Å²) in [4.78, 5) is 15.5. The van der Waals surface area contributed by atoms with E-state index >= 15 is 0 Å². The molecule has 4 heterocycles. The van der Waals surface area contributed by atoms with Gasteiger partial charge in [0.15, 0.2) is 5.82 Å². The maximum atomic E-state index is 12.1. The molecule has 0 spiro atoms. The van der Waals surface area contributed by atoms with E-state index in [0.29, 0.717) is 17.6 Å². The van der Waals surface area contributed by atoms with Gasteiger partial charge in [-0.2, -0.15) is 5.10 Å². The molecule has 4 aromatic rings. The molecule has 12 heteroatoms. The number of fused-ring (bicyclic) bond motifs is 1. The molecule has 0 bridgehead atoms. The standard InChI is InChI=1S/C24H29N9O2S/c1-17-15-32(11-10-25-17)20-6-4-19(5-7-20)30-23-12-22-18(13-28-23)14-29-33(22)16-21-24(27-9-8-26-21)31(2)36(3,34)35/h4-9,12-14,17,25H,10-11,15-16H2,1-3H3,(H,28,30)/t17-/m0/s1. The van der Waals surface area contributed by atoms with E-state index in [0.717, 1.165) is 46.8 Å².